The van der Waals surface area contributed by atoms with E-state index < -0.39 is 0 Å². The maximum absolute atomic E-state index is 12.5. The van der Waals surface area contributed by atoms with Gasteiger partial charge in [0.25, 0.3) is 0 Å². The predicted molar refractivity (Wildman–Crippen MR) is 94.4 cm³/mol. The molecule has 0 saturated heterocycles. The number of halogens is 1. The molecule has 0 heterocycles. The smallest absolute Gasteiger partial charge is 0.169 e. The lowest BCUT2D eigenvalue weighted by atomic mass is 9.45. The Bertz CT molecular complexity index is 609. The van der Waals surface area contributed by atoms with E-state index in [0.717, 1.165) is 32.1 Å². The zero-order chi connectivity index (χ0) is 16.6. The molecule has 0 aromatic carbocycles. The van der Waals surface area contributed by atoms with Gasteiger partial charge < -0.3 is 0 Å². The average molecular weight is 379 g/mol. The topological polar surface area (TPSA) is 34.1 Å². The van der Waals surface area contributed by atoms with Gasteiger partial charge >= 0.3 is 0 Å². The summed E-state index contributed by atoms with van der Waals surface area (Å²) in [5.41, 5.74) is 1.46. The Morgan fingerprint density at radius 3 is 2.57 bits per heavy atom. The number of ketones is 2. The van der Waals surface area contributed by atoms with Crippen LogP contribution in [0.25, 0.3) is 0 Å². The molecule has 7 atom stereocenters. The van der Waals surface area contributed by atoms with Crippen LogP contribution < -0.4 is 0 Å². The van der Waals surface area contributed by atoms with Crippen molar-refractivity contribution in [3.63, 3.8) is 0 Å². The molecular weight excluding hydrogens is 352 g/mol. The second kappa shape index (κ2) is 5.03. The van der Waals surface area contributed by atoms with Gasteiger partial charge in [-0.25, -0.2) is 0 Å². The van der Waals surface area contributed by atoms with Gasteiger partial charge in [0, 0.05) is 11.8 Å². The Labute approximate surface area is 147 Å². The zero-order valence-corrected chi connectivity index (χ0v) is 16.0. The van der Waals surface area contributed by atoms with E-state index in [0.29, 0.717) is 29.5 Å². The summed E-state index contributed by atoms with van der Waals surface area (Å²) in [4.78, 5) is 24.7. The third kappa shape index (κ3) is 1.92. The summed E-state index contributed by atoms with van der Waals surface area (Å²) >= 11 is 3.66. The number of alkyl halides is 1. The first-order chi connectivity index (χ1) is 10.8. The summed E-state index contributed by atoms with van der Waals surface area (Å²) in [6, 6.07) is 0. The molecule has 3 heteroatoms. The van der Waals surface area contributed by atoms with Gasteiger partial charge in [-0.15, -0.1) is 0 Å². The van der Waals surface area contributed by atoms with Crippen LogP contribution in [0.4, 0.5) is 0 Å². The maximum atomic E-state index is 12.5. The summed E-state index contributed by atoms with van der Waals surface area (Å²) < 4.78 is 0. The molecule has 0 N–H and O–H groups in total. The van der Waals surface area contributed by atoms with E-state index in [1.54, 1.807) is 0 Å². The van der Waals surface area contributed by atoms with E-state index in [4.69, 9.17) is 0 Å². The molecule has 2 unspecified atom stereocenters. The Morgan fingerprint density at radius 2 is 1.83 bits per heavy atom. The van der Waals surface area contributed by atoms with E-state index in [1.165, 1.54) is 12.0 Å². The van der Waals surface area contributed by atoms with E-state index in [9.17, 15) is 9.59 Å². The predicted octanol–water partition coefficient (Wildman–Crippen LogP) is 4.71. The highest BCUT2D eigenvalue weighted by atomic mass is 79.9. The van der Waals surface area contributed by atoms with E-state index in [1.807, 2.05) is 6.08 Å². The second-order valence-corrected chi connectivity index (χ2v) is 9.87. The third-order valence-electron chi connectivity index (χ3n) is 8.33. The fourth-order valence-electron chi connectivity index (χ4n) is 6.69. The molecule has 126 valence electrons. The van der Waals surface area contributed by atoms with Crippen molar-refractivity contribution in [2.45, 2.75) is 64.1 Å². The van der Waals surface area contributed by atoms with E-state index in [2.05, 4.69) is 36.7 Å². The molecule has 0 aliphatic heterocycles. The monoisotopic (exact) mass is 378 g/mol. The summed E-state index contributed by atoms with van der Waals surface area (Å²) in [5.74, 6) is 2.97. The van der Waals surface area contributed by atoms with Gasteiger partial charge in [0.1, 0.15) is 5.78 Å². The molecule has 0 spiro atoms. The van der Waals surface area contributed by atoms with Crippen LogP contribution in [0, 0.1) is 34.5 Å². The van der Waals surface area contributed by atoms with Crippen LogP contribution in [0.5, 0.6) is 0 Å². The molecule has 0 aromatic rings. The fourth-order valence-corrected chi connectivity index (χ4v) is 7.38. The highest BCUT2D eigenvalue weighted by Crippen LogP contribution is 2.65. The Hall–Kier alpha value is -0.440. The van der Waals surface area contributed by atoms with Gasteiger partial charge in [-0.3, -0.25) is 9.59 Å². The lowest BCUT2D eigenvalue weighted by Gasteiger charge is -2.59. The minimum atomic E-state index is -0.0553. The largest absolute Gasteiger partial charge is 0.299 e. The van der Waals surface area contributed by atoms with Gasteiger partial charge in [-0.05, 0) is 67.3 Å². The van der Waals surface area contributed by atoms with Crippen molar-refractivity contribution in [3.8, 4) is 0 Å². The van der Waals surface area contributed by atoms with E-state index >= 15 is 0 Å². The second-order valence-electron chi connectivity index (χ2n) is 8.88. The van der Waals surface area contributed by atoms with Crippen LogP contribution >= 0.6 is 15.9 Å². The maximum Gasteiger partial charge on any atom is 0.169 e. The van der Waals surface area contributed by atoms with Crippen molar-refractivity contribution in [1.82, 2.24) is 0 Å². The zero-order valence-electron chi connectivity index (χ0n) is 14.4. The van der Waals surface area contributed by atoms with Gasteiger partial charge in [-0.2, -0.15) is 0 Å². The molecule has 4 aliphatic carbocycles. The number of carbonyl (C=O) groups is 2. The molecule has 0 bridgehead atoms. The van der Waals surface area contributed by atoms with Crippen LogP contribution in [-0.4, -0.2) is 16.4 Å². The standard InChI is InChI=1S/C20H27BrO2/c1-11-18(21)16(22)10-12-4-5-13-14-6-7-17(23)19(14,2)9-8-15(13)20(11,12)3/h10-11,13-15,18H,4-9H2,1-3H3/t11?,13-,14-,15+,18?,19-,20-/m0/s1. The lowest BCUT2D eigenvalue weighted by molar-refractivity contribution is -0.133. The number of allylic oxidation sites excluding steroid dienone is 1. The minimum Gasteiger partial charge on any atom is -0.299 e. The summed E-state index contributed by atoms with van der Waals surface area (Å²) in [7, 11) is 0. The Balaban J connectivity index is 1.75. The number of rotatable bonds is 0. The highest BCUT2D eigenvalue weighted by Gasteiger charge is 2.61. The normalized spacial score (nSPS) is 52.5. The van der Waals surface area contributed by atoms with Crippen molar-refractivity contribution in [2.75, 3.05) is 0 Å². The average Bonchev–Trinajstić information content (AvgIpc) is 2.83. The highest BCUT2D eigenvalue weighted by molar-refractivity contribution is 9.10. The lowest BCUT2D eigenvalue weighted by Crippen LogP contribution is -2.55. The van der Waals surface area contributed by atoms with Crippen LogP contribution in [0.2, 0.25) is 0 Å². The molecule has 3 fully saturated rings. The summed E-state index contributed by atoms with van der Waals surface area (Å²) in [6.45, 7) is 6.89. The van der Waals surface area contributed by atoms with Crippen molar-refractivity contribution in [1.29, 1.82) is 0 Å². The third-order valence-corrected chi connectivity index (χ3v) is 9.57. The Morgan fingerprint density at radius 1 is 1.09 bits per heavy atom. The van der Waals surface area contributed by atoms with Gasteiger partial charge in [0.15, 0.2) is 5.78 Å². The molecule has 2 nitrogen and oxygen atoms in total. The molecule has 0 radical (unpaired) electrons. The summed E-state index contributed by atoms with van der Waals surface area (Å²) in [5, 5.41) is 0. The van der Waals surface area contributed by atoms with Gasteiger partial charge in [0.05, 0.1) is 4.83 Å². The SMILES string of the molecule is CC1C(Br)C(=O)C=C2CC[C@@H]3[C@@H](CC[C@]4(C)C(=O)CC[C@@H]34)[C@]21C. The van der Waals surface area contributed by atoms with Gasteiger partial charge in [0.2, 0.25) is 0 Å². The first-order valence-electron chi connectivity index (χ1n) is 9.22. The summed E-state index contributed by atoms with van der Waals surface area (Å²) in [6.07, 6.45) is 8.25. The molecule has 23 heavy (non-hydrogen) atoms. The van der Waals surface area contributed by atoms with Crippen LogP contribution in [-0.2, 0) is 9.59 Å². The van der Waals surface area contributed by atoms with Crippen molar-refractivity contribution in [2.24, 2.45) is 34.5 Å². The number of carbonyl (C=O) groups excluding carboxylic acids is 2. The molecule has 0 amide bonds. The van der Waals surface area contributed by atoms with Crippen LogP contribution in [0.15, 0.2) is 11.6 Å². The number of fused-ring (bicyclic) bond motifs is 5. The molecule has 4 rings (SSSR count). The minimum absolute atomic E-state index is 0.0477. The molecule has 0 aromatic heterocycles. The quantitative estimate of drug-likeness (QED) is 0.572. The molecule has 3 saturated carbocycles. The van der Waals surface area contributed by atoms with Crippen molar-refractivity contribution in [3.05, 3.63) is 11.6 Å². The first-order valence-corrected chi connectivity index (χ1v) is 10.1. The van der Waals surface area contributed by atoms with Crippen molar-refractivity contribution < 1.29 is 9.59 Å². The molecule has 4 aliphatic rings. The van der Waals surface area contributed by atoms with Crippen LogP contribution in [0.3, 0.4) is 0 Å². The number of hydrogen-bond donors (Lipinski definition) is 0. The van der Waals surface area contributed by atoms with E-state index in [-0.39, 0.29) is 21.4 Å². The molecular formula is C20H27BrO2. The number of Topliss-reactive ketones (excluding diaryl/α,β-unsaturated/α-hetero) is 1. The van der Waals surface area contributed by atoms with Gasteiger partial charge in [-0.1, -0.05) is 42.3 Å². The van der Waals surface area contributed by atoms with Crippen LogP contribution in [0.1, 0.15) is 59.3 Å². The number of hydrogen-bond acceptors (Lipinski definition) is 2. The first kappa shape index (κ1) is 16.1. The Kier molecular flexibility index (Phi) is 3.51. The van der Waals surface area contributed by atoms with Crippen molar-refractivity contribution >= 4 is 27.5 Å². The fraction of sp³-hybridized carbons (Fsp3) is 0.800.